The number of hydrogen-bond donors (Lipinski definition) is 0. The van der Waals surface area contributed by atoms with Crippen LogP contribution < -0.4 is 9.03 Å². The lowest BCUT2D eigenvalue weighted by Gasteiger charge is -2.05. The van der Waals surface area contributed by atoms with Crippen molar-refractivity contribution in [1.82, 2.24) is 0 Å². The normalized spacial score (nSPS) is 9.46. The van der Waals surface area contributed by atoms with Crippen LogP contribution in [0.25, 0.3) is 0 Å². The Bertz CT molecular complexity index is 323. The molecule has 13 heavy (non-hydrogen) atoms. The number of benzene rings is 1. The minimum absolute atomic E-state index is 0.345. The molecule has 0 aromatic heterocycles. The van der Waals surface area contributed by atoms with Crippen molar-refractivity contribution < 1.29 is 13.8 Å². The van der Waals surface area contributed by atoms with Gasteiger partial charge in [0.1, 0.15) is 23.4 Å². The quantitative estimate of drug-likeness (QED) is 0.544. The molecule has 0 unspecified atom stereocenters. The lowest BCUT2D eigenvalue weighted by Crippen LogP contribution is -2.02. The van der Waals surface area contributed by atoms with Crippen molar-refractivity contribution in [2.75, 3.05) is 0 Å². The van der Waals surface area contributed by atoms with Crippen molar-refractivity contribution in [3.8, 4) is 11.5 Å². The highest BCUT2D eigenvalue weighted by molar-refractivity contribution is 6.09. The second kappa shape index (κ2) is 4.14. The lowest BCUT2D eigenvalue weighted by atomic mass is 10.2. The molecule has 0 fully saturated rings. The van der Waals surface area contributed by atoms with Crippen molar-refractivity contribution in [1.29, 1.82) is 0 Å². The summed E-state index contributed by atoms with van der Waals surface area (Å²) in [5.41, 5.74) is 0.799. The van der Waals surface area contributed by atoms with Crippen LogP contribution in [-0.2, 0) is 4.79 Å². The molecule has 1 aromatic rings. The number of carbonyl (C=O) groups is 1. The van der Waals surface area contributed by atoms with E-state index in [2.05, 4.69) is 4.29 Å². The van der Waals surface area contributed by atoms with Crippen LogP contribution in [-0.4, -0.2) is 5.97 Å². The summed E-state index contributed by atoms with van der Waals surface area (Å²) < 4.78 is 9.39. The number of halogens is 1. The predicted molar refractivity (Wildman–Crippen MR) is 49.0 cm³/mol. The zero-order chi connectivity index (χ0) is 9.84. The maximum Gasteiger partial charge on any atom is 0.308 e. The smallest absolute Gasteiger partial charge is 0.308 e. The van der Waals surface area contributed by atoms with E-state index >= 15 is 0 Å². The van der Waals surface area contributed by atoms with Gasteiger partial charge in [-0.2, -0.15) is 0 Å². The van der Waals surface area contributed by atoms with Crippen LogP contribution >= 0.6 is 11.9 Å². The highest BCUT2D eigenvalue weighted by Crippen LogP contribution is 2.23. The van der Waals surface area contributed by atoms with E-state index in [1.54, 1.807) is 25.1 Å². The third kappa shape index (κ3) is 2.63. The van der Waals surface area contributed by atoms with Crippen LogP contribution in [0.1, 0.15) is 12.5 Å². The van der Waals surface area contributed by atoms with Crippen molar-refractivity contribution in [2.45, 2.75) is 13.8 Å². The fraction of sp³-hybridized carbons (Fsp3) is 0.222. The molecule has 1 aromatic carbocycles. The van der Waals surface area contributed by atoms with E-state index in [0.717, 1.165) is 5.56 Å². The first kappa shape index (κ1) is 9.86. The van der Waals surface area contributed by atoms with E-state index in [1.165, 1.54) is 6.92 Å². The number of rotatable bonds is 2. The van der Waals surface area contributed by atoms with E-state index in [-0.39, 0.29) is 5.97 Å². The van der Waals surface area contributed by atoms with Gasteiger partial charge < -0.3 is 9.03 Å². The first-order valence-corrected chi connectivity index (χ1v) is 4.02. The monoisotopic (exact) mass is 200 g/mol. The third-order valence-corrected chi connectivity index (χ3v) is 1.67. The summed E-state index contributed by atoms with van der Waals surface area (Å²) in [6, 6.07) is 4.94. The number of esters is 1. The standard InChI is InChI=1S/C9H9ClO3/c1-6-5-8(13-10)3-4-9(6)12-7(2)11/h3-5H,1-2H3. The molecule has 4 heteroatoms. The minimum Gasteiger partial charge on any atom is -0.426 e. The Hall–Kier alpha value is -1.22. The van der Waals surface area contributed by atoms with Gasteiger partial charge in [-0.1, -0.05) is 0 Å². The Balaban J connectivity index is 2.91. The molecule has 0 bridgehead atoms. The van der Waals surface area contributed by atoms with Gasteiger partial charge in [0, 0.05) is 6.92 Å². The Morgan fingerprint density at radius 2 is 2.15 bits per heavy atom. The molecule has 0 saturated carbocycles. The molecule has 3 nitrogen and oxygen atoms in total. The van der Waals surface area contributed by atoms with Gasteiger partial charge in [0.2, 0.25) is 0 Å². The van der Waals surface area contributed by atoms with E-state index in [9.17, 15) is 4.79 Å². The van der Waals surface area contributed by atoms with Crippen LogP contribution in [0.3, 0.4) is 0 Å². The van der Waals surface area contributed by atoms with Gasteiger partial charge in [0.25, 0.3) is 0 Å². The Morgan fingerprint density at radius 3 is 2.62 bits per heavy atom. The summed E-state index contributed by atoms with van der Waals surface area (Å²) in [5.74, 6) is 0.697. The van der Waals surface area contributed by atoms with Gasteiger partial charge in [-0.05, 0) is 30.7 Å². The minimum atomic E-state index is -0.345. The van der Waals surface area contributed by atoms with Crippen LogP contribution in [0.2, 0.25) is 0 Å². The van der Waals surface area contributed by atoms with Gasteiger partial charge in [-0.25, -0.2) is 0 Å². The average molecular weight is 201 g/mol. The molecule has 0 spiro atoms. The first-order chi connectivity index (χ1) is 6.13. The van der Waals surface area contributed by atoms with Crippen molar-refractivity contribution in [3.05, 3.63) is 23.8 Å². The predicted octanol–water partition coefficient (Wildman–Crippen LogP) is 2.45. The highest BCUT2D eigenvalue weighted by Gasteiger charge is 2.03. The van der Waals surface area contributed by atoms with Crippen molar-refractivity contribution in [2.24, 2.45) is 0 Å². The van der Waals surface area contributed by atoms with E-state index in [0.29, 0.717) is 11.5 Å². The molecule has 0 amide bonds. The molecular weight excluding hydrogens is 192 g/mol. The highest BCUT2D eigenvalue weighted by atomic mass is 35.5. The summed E-state index contributed by atoms with van der Waals surface area (Å²) in [4.78, 5) is 10.6. The Kier molecular flexibility index (Phi) is 3.14. The summed E-state index contributed by atoms with van der Waals surface area (Å²) in [5, 5.41) is 0. The van der Waals surface area contributed by atoms with E-state index in [4.69, 9.17) is 16.6 Å². The van der Waals surface area contributed by atoms with Crippen LogP contribution in [0.4, 0.5) is 0 Å². The molecule has 0 atom stereocenters. The fourth-order valence-electron chi connectivity index (χ4n) is 0.939. The topological polar surface area (TPSA) is 35.5 Å². The zero-order valence-electron chi connectivity index (χ0n) is 7.33. The van der Waals surface area contributed by atoms with Crippen LogP contribution in [0.15, 0.2) is 18.2 Å². The molecule has 0 radical (unpaired) electrons. The third-order valence-electron chi connectivity index (χ3n) is 1.49. The molecule has 0 saturated heterocycles. The van der Waals surface area contributed by atoms with Crippen molar-refractivity contribution >= 4 is 17.8 Å². The second-order valence-corrected chi connectivity index (χ2v) is 2.75. The Labute approximate surface area is 81.4 Å². The first-order valence-electron chi connectivity index (χ1n) is 3.71. The number of carbonyl (C=O) groups excluding carboxylic acids is 1. The van der Waals surface area contributed by atoms with E-state index in [1.807, 2.05) is 0 Å². The molecule has 0 heterocycles. The average Bonchev–Trinajstić information content (AvgIpc) is 2.08. The SMILES string of the molecule is CC(=O)Oc1ccc(OCl)cc1C. The molecule has 0 aliphatic heterocycles. The van der Waals surface area contributed by atoms with Crippen LogP contribution in [0.5, 0.6) is 11.5 Å². The molecule has 0 aliphatic carbocycles. The number of aryl methyl sites for hydroxylation is 1. The largest absolute Gasteiger partial charge is 0.426 e. The summed E-state index contributed by atoms with van der Waals surface area (Å²) >= 11 is 5.15. The van der Waals surface area contributed by atoms with Gasteiger partial charge in [0.05, 0.1) is 0 Å². The Morgan fingerprint density at radius 1 is 1.46 bits per heavy atom. The molecule has 1 rings (SSSR count). The van der Waals surface area contributed by atoms with Crippen LogP contribution in [0, 0.1) is 6.92 Å². The molecule has 0 aliphatic rings. The van der Waals surface area contributed by atoms with Gasteiger partial charge >= 0.3 is 5.97 Å². The van der Waals surface area contributed by atoms with Crippen molar-refractivity contribution in [3.63, 3.8) is 0 Å². The second-order valence-electron chi connectivity index (χ2n) is 2.60. The summed E-state index contributed by atoms with van der Waals surface area (Å²) in [7, 11) is 0. The summed E-state index contributed by atoms with van der Waals surface area (Å²) in [6.45, 7) is 3.16. The zero-order valence-corrected chi connectivity index (χ0v) is 8.09. The van der Waals surface area contributed by atoms with Gasteiger partial charge in [0.15, 0.2) is 0 Å². The lowest BCUT2D eigenvalue weighted by molar-refractivity contribution is -0.131. The fourth-order valence-corrected chi connectivity index (χ4v) is 1.04. The van der Waals surface area contributed by atoms with Gasteiger partial charge in [-0.3, -0.25) is 4.79 Å². The molecule has 0 N–H and O–H groups in total. The summed E-state index contributed by atoms with van der Waals surface area (Å²) in [6.07, 6.45) is 0. The van der Waals surface area contributed by atoms with Gasteiger partial charge in [-0.15, -0.1) is 0 Å². The number of hydrogen-bond acceptors (Lipinski definition) is 3. The molecular formula is C9H9ClO3. The maximum absolute atomic E-state index is 10.6. The number of ether oxygens (including phenoxy) is 1. The maximum atomic E-state index is 10.6. The van der Waals surface area contributed by atoms with E-state index < -0.39 is 0 Å². The molecule has 70 valence electrons.